The highest BCUT2D eigenvalue weighted by atomic mass is 35.5. The third-order valence-corrected chi connectivity index (χ3v) is 4.01. The van der Waals surface area contributed by atoms with E-state index in [1.807, 2.05) is 12.3 Å². The van der Waals surface area contributed by atoms with Crippen LogP contribution in [-0.4, -0.2) is 42.1 Å². The molecule has 1 fully saturated rings. The van der Waals surface area contributed by atoms with Crippen LogP contribution in [0.5, 0.6) is 0 Å². The van der Waals surface area contributed by atoms with Crippen LogP contribution in [0.15, 0.2) is 12.3 Å². The highest BCUT2D eigenvalue weighted by Crippen LogP contribution is 2.28. The van der Waals surface area contributed by atoms with Crippen molar-refractivity contribution in [1.82, 2.24) is 9.88 Å². The zero-order chi connectivity index (χ0) is 13.3. The van der Waals surface area contributed by atoms with Gasteiger partial charge in [0.25, 0.3) is 0 Å². The highest BCUT2D eigenvalue weighted by molar-refractivity contribution is 6.33. The van der Waals surface area contributed by atoms with Crippen molar-refractivity contribution < 1.29 is 0 Å². The molecule has 0 atom stereocenters. The van der Waals surface area contributed by atoms with Crippen LogP contribution in [0.2, 0.25) is 5.02 Å². The average Bonchev–Trinajstić information content (AvgIpc) is 2.32. The summed E-state index contributed by atoms with van der Waals surface area (Å²) in [5.74, 6) is 0.870. The van der Waals surface area contributed by atoms with Gasteiger partial charge in [-0.05, 0) is 32.5 Å². The molecule has 2 rings (SSSR count). The first-order chi connectivity index (χ1) is 8.44. The van der Waals surface area contributed by atoms with Crippen molar-refractivity contribution in [2.24, 2.45) is 5.73 Å². The van der Waals surface area contributed by atoms with Crippen molar-refractivity contribution >= 4 is 17.4 Å². The maximum absolute atomic E-state index is 6.30. The minimum Gasteiger partial charge on any atom is -0.352 e. The van der Waals surface area contributed by atoms with Crippen LogP contribution in [0.25, 0.3) is 0 Å². The van der Waals surface area contributed by atoms with Crippen molar-refractivity contribution in [3.63, 3.8) is 0 Å². The number of nitrogens with two attached hydrogens (primary N) is 1. The van der Waals surface area contributed by atoms with Crippen molar-refractivity contribution in [2.45, 2.75) is 25.9 Å². The van der Waals surface area contributed by atoms with Gasteiger partial charge in [-0.1, -0.05) is 11.6 Å². The molecule has 0 amide bonds. The van der Waals surface area contributed by atoms with Crippen LogP contribution in [0.3, 0.4) is 0 Å². The van der Waals surface area contributed by atoms with Crippen LogP contribution in [0.1, 0.15) is 19.4 Å². The van der Waals surface area contributed by atoms with Crippen molar-refractivity contribution in [3.8, 4) is 0 Å². The van der Waals surface area contributed by atoms with Gasteiger partial charge in [-0.25, -0.2) is 4.98 Å². The summed E-state index contributed by atoms with van der Waals surface area (Å²) in [6, 6.07) is 1.91. The number of rotatable bonds is 2. The maximum atomic E-state index is 6.30. The Kier molecular flexibility index (Phi) is 3.80. The second kappa shape index (κ2) is 5.03. The molecule has 1 aliphatic rings. The highest BCUT2D eigenvalue weighted by Gasteiger charge is 2.32. The molecule has 0 saturated carbocycles. The summed E-state index contributed by atoms with van der Waals surface area (Å²) >= 11 is 6.30. The fourth-order valence-corrected chi connectivity index (χ4v) is 2.54. The summed E-state index contributed by atoms with van der Waals surface area (Å²) in [7, 11) is 2.16. The molecule has 0 spiro atoms. The Labute approximate surface area is 114 Å². The molecule has 4 nitrogen and oxygen atoms in total. The first-order valence-corrected chi connectivity index (χ1v) is 6.62. The summed E-state index contributed by atoms with van der Waals surface area (Å²) in [5, 5.41) is 0.693. The molecule has 0 bridgehead atoms. The lowest BCUT2D eigenvalue weighted by atomic mass is 10.00. The molecule has 2 N–H and O–H groups in total. The van der Waals surface area contributed by atoms with Gasteiger partial charge in [-0.3, -0.25) is 4.90 Å². The zero-order valence-electron chi connectivity index (χ0n) is 11.3. The number of halogens is 1. The molecule has 0 aliphatic carbocycles. The number of piperazine rings is 1. The number of likely N-dealkylation sites (N-methyl/N-ethyl adjacent to an activating group) is 1. The molecule has 2 heterocycles. The van der Waals surface area contributed by atoms with Gasteiger partial charge in [0.05, 0.1) is 5.02 Å². The molecule has 1 aliphatic heterocycles. The quantitative estimate of drug-likeness (QED) is 0.887. The topological polar surface area (TPSA) is 45.4 Å². The Morgan fingerprint density at radius 2 is 2.17 bits per heavy atom. The average molecular weight is 269 g/mol. The summed E-state index contributed by atoms with van der Waals surface area (Å²) < 4.78 is 0. The molecular weight excluding hydrogens is 248 g/mol. The smallest absolute Gasteiger partial charge is 0.147 e. The van der Waals surface area contributed by atoms with Crippen LogP contribution < -0.4 is 10.6 Å². The normalized spacial score (nSPS) is 20.2. The number of hydrogen-bond donors (Lipinski definition) is 1. The summed E-state index contributed by atoms with van der Waals surface area (Å²) in [6.07, 6.45) is 1.81. The minimum atomic E-state index is 0.135. The second-order valence-corrected chi connectivity index (χ2v) is 5.92. The van der Waals surface area contributed by atoms with Gasteiger partial charge in [0.1, 0.15) is 5.82 Å². The van der Waals surface area contributed by atoms with E-state index in [0.717, 1.165) is 31.0 Å². The third kappa shape index (κ3) is 2.60. The molecule has 18 heavy (non-hydrogen) atoms. The van der Waals surface area contributed by atoms with Crippen molar-refractivity contribution in [1.29, 1.82) is 0 Å². The van der Waals surface area contributed by atoms with E-state index in [9.17, 15) is 0 Å². The molecule has 1 aromatic heterocycles. The standard InChI is InChI=1S/C13H21ClN4/c1-13(2)9-18(5-4-17(13)3)12-11(14)6-10(7-15)8-16-12/h6,8H,4-5,7,9,15H2,1-3H3. The first-order valence-electron chi connectivity index (χ1n) is 6.25. The monoisotopic (exact) mass is 268 g/mol. The Balaban J connectivity index is 2.22. The van der Waals surface area contributed by atoms with E-state index < -0.39 is 0 Å². The predicted molar refractivity (Wildman–Crippen MR) is 76.1 cm³/mol. The Morgan fingerprint density at radius 3 is 2.72 bits per heavy atom. The lowest BCUT2D eigenvalue weighted by Crippen LogP contribution is -2.58. The molecule has 1 aromatic rings. The van der Waals surface area contributed by atoms with Crippen LogP contribution >= 0.6 is 11.6 Å². The zero-order valence-corrected chi connectivity index (χ0v) is 12.0. The van der Waals surface area contributed by atoms with Crippen LogP contribution in [0.4, 0.5) is 5.82 Å². The third-order valence-electron chi connectivity index (χ3n) is 3.73. The van der Waals surface area contributed by atoms with E-state index in [2.05, 4.69) is 35.7 Å². The maximum Gasteiger partial charge on any atom is 0.147 e. The van der Waals surface area contributed by atoms with Crippen molar-refractivity contribution in [2.75, 3.05) is 31.6 Å². The minimum absolute atomic E-state index is 0.135. The molecular formula is C13H21ClN4. The van der Waals surface area contributed by atoms with Gasteiger partial charge in [0, 0.05) is 37.9 Å². The predicted octanol–water partition coefficient (Wildman–Crippen LogP) is 1.72. The fraction of sp³-hybridized carbons (Fsp3) is 0.615. The second-order valence-electron chi connectivity index (χ2n) is 5.51. The largest absolute Gasteiger partial charge is 0.352 e. The van der Waals surface area contributed by atoms with E-state index in [0.29, 0.717) is 11.6 Å². The first kappa shape index (κ1) is 13.6. The summed E-state index contributed by atoms with van der Waals surface area (Å²) in [5.41, 5.74) is 6.69. The van der Waals surface area contributed by atoms with Crippen LogP contribution in [-0.2, 0) is 6.54 Å². The Morgan fingerprint density at radius 1 is 1.44 bits per heavy atom. The number of aromatic nitrogens is 1. The Bertz CT molecular complexity index is 433. The number of anilines is 1. The van der Waals surface area contributed by atoms with Gasteiger partial charge in [0.15, 0.2) is 0 Å². The van der Waals surface area contributed by atoms with Gasteiger partial charge in [-0.2, -0.15) is 0 Å². The lowest BCUT2D eigenvalue weighted by molar-refractivity contribution is 0.138. The number of pyridine rings is 1. The van der Waals surface area contributed by atoms with E-state index in [-0.39, 0.29) is 5.54 Å². The summed E-state index contributed by atoms with van der Waals surface area (Å²) in [4.78, 5) is 9.08. The molecule has 5 heteroatoms. The summed E-state index contributed by atoms with van der Waals surface area (Å²) in [6.45, 7) is 7.85. The van der Waals surface area contributed by atoms with E-state index in [1.165, 1.54) is 0 Å². The molecule has 0 unspecified atom stereocenters. The van der Waals surface area contributed by atoms with E-state index in [4.69, 9.17) is 17.3 Å². The van der Waals surface area contributed by atoms with E-state index >= 15 is 0 Å². The van der Waals surface area contributed by atoms with Gasteiger partial charge >= 0.3 is 0 Å². The van der Waals surface area contributed by atoms with Gasteiger partial charge < -0.3 is 10.6 Å². The van der Waals surface area contributed by atoms with Crippen LogP contribution in [0, 0.1) is 0 Å². The fourth-order valence-electron chi connectivity index (χ4n) is 2.24. The van der Waals surface area contributed by atoms with Crippen molar-refractivity contribution in [3.05, 3.63) is 22.8 Å². The lowest BCUT2D eigenvalue weighted by Gasteiger charge is -2.45. The molecule has 0 aromatic carbocycles. The number of hydrogen-bond acceptors (Lipinski definition) is 4. The Hall–Kier alpha value is -0.840. The molecule has 0 radical (unpaired) electrons. The SMILES string of the molecule is CN1CCN(c2ncc(CN)cc2Cl)CC1(C)C. The van der Waals surface area contributed by atoms with Gasteiger partial charge in [-0.15, -0.1) is 0 Å². The molecule has 100 valence electrons. The van der Waals surface area contributed by atoms with Gasteiger partial charge in [0.2, 0.25) is 0 Å². The molecule has 1 saturated heterocycles. The number of nitrogens with zero attached hydrogens (tertiary/aromatic N) is 3. The van der Waals surface area contributed by atoms with E-state index in [1.54, 1.807) is 0 Å².